The van der Waals surface area contributed by atoms with E-state index in [0.29, 0.717) is 36.6 Å². The second-order valence-corrected chi connectivity index (χ2v) is 8.64. The summed E-state index contributed by atoms with van der Waals surface area (Å²) in [6, 6.07) is 16.6. The van der Waals surface area contributed by atoms with E-state index in [2.05, 4.69) is 10.3 Å². The lowest BCUT2D eigenvalue weighted by Gasteiger charge is -2.32. The average Bonchev–Trinajstić information content (AvgIpc) is 3.23. The Kier molecular flexibility index (Phi) is 6.62. The first-order chi connectivity index (χ1) is 15.1. The van der Waals surface area contributed by atoms with E-state index >= 15 is 0 Å². The highest BCUT2D eigenvalue weighted by Crippen LogP contribution is 2.20. The Balaban J connectivity index is 1.29. The van der Waals surface area contributed by atoms with Crippen molar-refractivity contribution in [1.82, 2.24) is 15.2 Å². The van der Waals surface area contributed by atoms with Crippen molar-refractivity contribution in [3.8, 4) is 5.75 Å². The van der Waals surface area contributed by atoms with Crippen LogP contribution in [0.2, 0.25) is 0 Å². The Bertz CT molecular complexity index is 1040. The molecule has 0 bridgehead atoms. The molecule has 2 aromatic carbocycles. The minimum absolute atomic E-state index is 0.0113. The Morgan fingerprint density at radius 2 is 1.84 bits per heavy atom. The molecule has 0 aliphatic carbocycles. The number of rotatable bonds is 6. The fourth-order valence-electron chi connectivity index (χ4n) is 3.62. The SMILES string of the molecule is Cc1nc(COc2cccc(C(=O)N3CCC(NC(=O)c4ccccc4)CC3)c2)cs1. The van der Waals surface area contributed by atoms with Crippen molar-refractivity contribution in [3.63, 3.8) is 0 Å². The van der Waals surface area contributed by atoms with Gasteiger partial charge < -0.3 is 15.0 Å². The molecule has 0 unspecified atom stereocenters. The number of carbonyl (C=O) groups is 2. The number of piperidine rings is 1. The topological polar surface area (TPSA) is 71.5 Å². The zero-order valence-corrected chi connectivity index (χ0v) is 18.2. The highest BCUT2D eigenvalue weighted by molar-refractivity contribution is 7.09. The number of aromatic nitrogens is 1. The first-order valence-corrected chi connectivity index (χ1v) is 11.3. The number of amides is 2. The second-order valence-electron chi connectivity index (χ2n) is 7.58. The Labute approximate surface area is 185 Å². The molecule has 31 heavy (non-hydrogen) atoms. The first-order valence-electron chi connectivity index (χ1n) is 10.4. The van der Waals surface area contributed by atoms with Gasteiger partial charge in [-0.1, -0.05) is 24.3 Å². The minimum Gasteiger partial charge on any atom is -0.487 e. The molecule has 3 aromatic rings. The van der Waals surface area contributed by atoms with E-state index in [0.717, 1.165) is 23.5 Å². The molecule has 7 heteroatoms. The zero-order chi connectivity index (χ0) is 21.6. The molecule has 6 nitrogen and oxygen atoms in total. The monoisotopic (exact) mass is 435 g/mol. The third kappa shape index (κ3) is 5.49. The van der Waals surface area contributed by atoms with E-state index in [1.165, 1.54) is 0 Å². The molecule has 0 spiro atoms. The maximum atomic E-state index is 13.0. The Hall–Kier alpha value is -3.19. The van der Waals surface area contributed by atoms with Gasteiger partial charge >= 0.3 is 0 Å². The molecule has 1 aliphatic heterocycles. The minimum atomic E-state index is -0.0643. The lowest BCUT2D eigenvalue weighted by Crippen LogP contribution is -2.46. The van der Waals surface area contributed by atoms with Crippen LogP contribution in [0.1, 0.15) is 44.3 Å². The molecule has 2 amide bonds. The fourth-order valence-corrected chi connectivity index (χ4v) is 4.22. The van der Waals surface area contributed by atoms with Crippen molar-refractivity contribution < 1.29 is 14.3 Å². The highest BCUT2D eigenvalue weighted by atomic mass is 32.1. The van der Waals surface area contributed by atoms with E-state index in [4.69, 9.17) is 4.74 Å². The van der Waals surface area contributed by atoms with Crippen LogP contribution in [0.15, 0.2) is 60.0 Å². The maximum absolute atomic E-state index is 13.0. The molecular formula is C24H25N3O3S. The number of aryl methyl sites for hydroxylation is 1. The molecule has 1 N–H and O–H groups in total. The summed E-state index contributed by atoms with van der Waals surface area (Å²) >= 11 is 1.59. The van der Waals surface area contributed by atoms with Crippen LogP contribution in [-0.4, -0.2) is 40.8 Å². The van der Waals surface area contributed by atoms with Crippen molar-refractivity contribution in [2.45, 2.75) is 32.4 Å². The summed E-state index contributed by atoms with van der Waals surface area (Å²) in [5, 5.41) is 6.06. The first kappa shape index (κ1) is 21.1. The van der Waals surface area contributed by atoms with Crippen molar-refractivity contribution >= 4 is 23.2 Å². The van der Waals surface area contributed by atoms with Crippen LogP contribution in [-0.2, 0) is 6.61 Å². The Morgan fingerprint density at radius 3 is 2.55 bits per heavy atom. The van der Waals surface area contributed by atoms with Crippen LogP contribution in [0.5, 0.6) is 5.75 Å². The molecule has 0 saturated carbocycles. The normalized spacial score (nSPS) is 14.3. The largest absolute Gasteiger partial charge is 0.487 e. The molecular weight excluding hydrogens is 410 g/mol. The number of nitrogens with zero attached hydrogens (tertiary/aromatic N) is 2. The molecule has 160 valence electrons. The number of hydrogen-bond donors (Lipinski definition) is 1. The predicted octanol–water partition coefficient (Wildman–Crippen LogP) is 4.07. The van der Waals surface area contributed by atoms with E-state index < -0.39 is 0 Å². The van der Waals surface area contributed by atoms with Gasteiger partial charge in [0.15, 0.2) is 0 Å². The van der Waals surface area contributed by atoms with Gasteiger partial charge in [-0.25, -0.2) is 4.98 Å². The van der Waals surface area contributed by atoms with Crippen LogP contribution in [0.25, 0.3) is 0 Å². The number of hydrogen-bond acceptors (Lipinski definition) is 5. The van der Waals surface area contributed by atoms with Gasteiger partial charge in [0.2, 0.25) is 0 Å². The van der Waals surface area contributed by atoms with E-state index in [1.54, 1.807) is 29.5 Å². The fraction of sp³-hybridized carbons (Fsp3) is 0.292. The number of thiazole rings is 1. The summed E-state index contributed by atoms with van der Waals surface area (Å²) in [6.07, 6.45) is 1.48. The number of ether oxygens (including phenoxy) is 1. The van der Waals surface area contributed by atoms with Crippen LogP contribution in [0, 0.1) is 6.92 Å². The summed E-state index contributed by atoms with van der Waals surface area (Å²) in [6.45, 7) is 3.57. The third-order valence-corrected chi connectivity index (χ3v) is 6.11. The van der Waals surface area contributed by atoms with Crippen LogP contribution >= 0.6 is 11.3 Å². The van der Waals surface area contributed by atoms with Gasteiger partial charge in [-0.3, -0.25) is 9.59 Å². The van der Waals surface area contributed by atoms with Crippen molar-refractivity contribution in [3.05, 3.63) is 81.8 Å². The van der Waals surface area contributed by atoms with Gasteiger partial charge in [0.25, 0.3) is 11.8 Å². The van der Waals surface area contributed by atoms with Crippen molar-refractivity contribution in [1.29, 1.82) is 0 Å². The highest BCUT2D eigenvalue weighted by Gasteiger charge is 2.25. The molecule has 1 fully saturated rings. The molecule has 1 aromatic heterocycles. The zero-order valence-electron chi connectivity index (χ0n) is 17.4. The molecule has 4 rings (SSSR count). The summed E-state index contributed by atoms with van der Waals surface area (Å²) in [5.74, 6) is 0.579. The van der Waals surface area contributed by atoms with Gasteiger partial charge in [0.05, 0.1) is 10.7 Å². The van der Waals surface area contributed by atoms with Gasteiger partial charge in [0, 0.05) is 35.6 Å². The molecule has 0 atom stereocenters. The summed E-state index contributed by atoms with van der Waals surface area (Å²) in [4.78, 5) is 31.5. The number of nitrogens with one attached hydrogen (secondary N) is 1. The maximum Gasteiger partial charge on any atom is 0.253 e. The molecule has 1 aliphatic rings. The predicted molar refractivity (Wildman–Crippen MR) is 120 cm³/mol. The summed E-state index contributed by atoms with van der Waals surface area (Å²) < 4.78 is 5.81. The lowest BCUT2D eigenvalue weighted by atomic mass is 10.0. The smallest absolute Gasteiger partial charge is 0.253 e. The number of benzene rings is 2. The van der Waals surface area contributed by atoms with Gasteiger partial charge in [-0.2, -0.15) is 0 Å². The Morgan fingerprint density at radius 1 is 1.10 bits per heavy atom. The van der Waals surface area contributed by atoms with Crippen molar-refractivity contribution in [2.24, 2.45) is 0 Å². The molecule has 0 radical (unpaired) electrons. The van der Waals surface area contributed by atoms with Crippen molar-refractivity contribution in [2.75, 3.05) is 13.1 Å². The quantitative estimate of drug-likeness (QED) is 0.634. The average molecular weight is 436 g/mol. The van der Waals surface area contributed by atoms with E-state index in [-0.39, 0.29) is 17.9 Å². The van der Waals surface area contributed by atoms with Gasteiger partial charge in [-0.15, -0.1) is 11.3 Å². The summed E-state index contributed by atoms with van der Waals surface area (Å²) in [7, 11) is 0. The standard InChI is InChI=1S/C24H25N3O3S/c1-17-25-21(16-31-17)15-30-22-9-5-8-19(14-22)24(29)27-12-10-20(11-13-27)26-23(28)18-6-3-2-4-7-18/h2-9,14,16,20H,10-13,15H2,1H3,(H,26,28). The second kappa shape index (κ2) is 9.75. The van der Waals surface area contributed by atoms with Gasteiger partial charge in [0.1, 0.15) is 12.4 Å². The van der Waals surface area contributed by atoms with E-state index in [9.17, 15) is 9.59 Å². The van der Waals surface area contributed by atoms with Gasteiger partial charge in [-0.05, 0) is 50.1 Å². The lowest BCUT2D eigenvalue weighted by molar-refractivity contribution is 0.0697. The third-order valence-electron chi connectivity index (χ3n) is 5.29. The molecule has 2 heterocycles. The van der Waals surface area contributed by atoms with Crippen LogP contribution in [0.4, 0.5) is 0 Å². The van der Waals surface area contributed by atoms with Crippen LogP contribution in [0.3, 0.4) is 0 Å². The van der Waals surface area contributed by atoms with E-state index in [1.807, 2.05) is 53.6 Å². The number of likely N-dealkylation sites (tertiary alicyclic amines) is 1. The molecule has 1 saturated heterocycles. The van der Waals surface area contributed by atoms with Crippen LogP contribution < -0.4 is 10.1 Å². The number of carbonyl (C=O) groups excluding carboxylic acids is 2. The summed E-state index contributed by atoms with van der Waals surface area (Å²) in [5.41, 5.74) is 2.16.